The van der Waals surface area contributed by atoms with E-state index in [1.807, 2.05) is 19.2 Å². The summed E-state index contributed by atoms with van der Waals surface area (Å²) in [5.74, 6) is 0.955. The van der Waals surface area contributed by atoms with Crippen molar-refractivity contribution in [3.8, 4) is 5.75 Å². The molecule has 0 amide bonds. The monoisotopic (exact) mass is 207 g/mol. The van der Waals surface area contributed by atoms with Gasteiger partial charge in [0.05, 0.1) is 6.10 Å². The van der Waals surface area contributed by atoms with Crippen molar-refractivity contribution >= 4 is 0 Å². The van der Waals surface area contributed by atoms with Crippen LogP contribution in [0.15, 0.2) is 24.3 Å². The third kappa shape index (κ3) is 4.34. The summed E-state index contributed by atoms with van der Waals surface area (Å²) in [6.45, 7) is 6.35. The number of aryl methyl sites for hydroxylation is 1. The fourth-order valence-electron chi connectivity index (χ4n) is 1.51. The lowest BCUT2D eigenvalue weighted by molar-refractivity contribution is 0.198. The zero-order valence-corrected chi connectivity index (χ0v) is 10.1. The molecule has 0 radical (unpaired) electrons. The van der Waals surface area contributed by atoms with Crippen molar-refractivity contribution in [1.29, 1.82) is 0 Å². The Morgan fingerprint density at radius 3 is 2.33 bits per heavy atom. The standard InChI is InChI=1S/C13H21NO/c1-10-5-7-13(8-6-10)15-12(3)9-11(2)14-4/h5-8,11-12,14H,9H2,1-4H3. The molecule has 15 heavy (non-hydrogen) atoms. The second-order valence-corrected chi connectivity index (χ2v) is 4.17. The molecule has 0 aliphatic carbocycles. The van der Waals surface area contributed by atoms with Gasteiger partial charge in [0, 0.05) is 6.04 Å². The van der Waals surface area contributed by atoms with E-state index >= 15 is 0 Å². The highest BCUT2D eigenvalue weighted by Gasteiger charge is 2.07. The summed E-state index contributed by atoms with van der Waals surface area (Å²) in [4.78, 5) is 0. The zero-order chi connectivity index (χ0) is 11.3. The molecule has 1 N–H and O–H groups in total. The molecule has 1 aromatic rings. The van der Waals surface area contributed by atoms with Crippen LogP contribution >= 0.6 is 0 Å². The first-order valence-corrected chi connectivity index (χ1v) is 5.52. The van der Waals surface area contributed by atoms with Gasteiger partial charge in [-0.25, -0.2) is 0 Å². The quantitative estimate of drug-likeness (QED) is 0.801. The average Bonchev–Trinajstić information content (AvgIpc) is 2.21. The van der Waals surface area contributed by atoms with Crippen molar-refractivity contribution in [2.45, 2.75) is 39.3 Å². The molecule has 0 saturated carbocycles. The summed E-state index contributed by atoms with van der Waals surface area (Å²) in [5, 5.41) is 3.21. The summed E-state index contributed by atoms with van der Waals surface area (Å²) in [7, 11) is 1.98. The molecule has 0 spiro atoms. The highest BCUT2D eigenvalue weighted by atomic mass is 16.5. The molecule has 0 saturated heterocycles. The van der Waals surface area contributed by atoms with E-state index in [1.54, 1.807) is 0 Å². The molecule has 2 heteroatoms. The Balaban J connectivity index is 2.44. The molecule has 2 nitrogen and oxygen atoms in total. The molecule has 0 heterocycles. The van der Waals surface area contributed by atoms with Crippen LogP contribution in [0.25, 0.3) is 0 Å². The van der Waals surface area contributed by atoms with Gasteiger partial charge in [0.1, 0.15) is 5.75 Å². The number of rotatable bonds is 5. The van der Waals surface area contributed by atoms with Gasteiger partial charge in [0.2, 0.25) is 0 Å². The number of ether oxygens (including phenoxy) is 1. The predicted octanol–water partition coefficient (Wildman–Crippen LogP) is 2.76. The normalized spacial score (nSPS) is 14.7. The molecule has 1 rings (SSSR count). The molecule has 84 valence electrons. The minimum Gasteiger partial charge on any atom is -0.491 e. The molecule has 0 aromatic heterocycles. The predicted molar refractivity (Wildman–Crippen MR) is 64.4 cm³/mol. The maximum absolute atomic E-state index is 5.80. The molecule has 0 bridgehead atoms. The summed E-state index contributed by atoms with van der Waals surface area (Å²) in [5.41, 5.74) is 1.26. The van der Waals surface area contributed by atoms with E-state index in [1.165, 1.54) is 5.56 Å². The molecule has 1 aromatic carbocycles. The Morgan fingerprint density at radius 1 is 1.20 bits per heavy atom. The fourth-order valence-corrected chi connectivity index (χ4v) is 1.51. The van der Waals surface area contributed by atoms with Crippen LogP contribution < -0.4 is 10.1 Å². The zero-order valence-electron chi connectivity index (χ0n) is 10.1. The minimum atomic E-state index is 0.246. The SMILES string of the molecule is CNC(C)CC(C)Oc1ccc(C)cc1. The van der Waals surface area contributed by atoms with E-state index in [0.717, 1.165) is 12.2 Å². The first-order chi connectivity index (χ1) is 7.11. The maximum atomic E-state index is 5.80. The van der Waals surface area contributed by atoms with Crippen LogP contribution in [0.5, 0.6) is 5.75 Å². The lowest BCUT2D eigenvalue weighted by Crippen LogP contribution is -2.28. The maximum Gasteiger partial charge on any atom is 0.119 e. The lowest BCUT2D eigenvalue weighted by atomic mass is 10.1. The van der Waals surface area contributed by atoms with Crippen molar-refractivity contribution in [3.63, 3.8) is 0 Å². The highest BCUT2D eigenvalue weighted by molar-refractivity contribution is 5.26. The van der Waals surface area contributed by atoms with E-state index in [4.69, 9.17) is 4.74 Å². The first-order valence-electron chi connectivity index (χ1n) is 5.52. The smallest absolute Gasteiger partial charge is 0.119 e. The van der Waals surface area contributed by atoms with Crippen molar-refractivity contribution < 1.29 is 4.74 Å². The van der Waals surface area contributed by atoms with E-state index in [2.05, 4.69) is 38.2 Å². The molecule has 2 unspecified atom stereocenters. The fraction of sp³-hybridized carbons (Fsp3) is 0.538. The highest BCUT2D eigenvalue weighted by Crippen LogP contribution is 2.14. The lowest BCUT2D eigenvalue weighted by Gasteiger charge is -2.18. The van der Waals surface area contributed by atoms with E-state index < -0.39 is 0 Å². The van der Waals surface area contributed by atoms with E-state index in [0.29, 0.717) is 6.04 Å². The van der Waals surface area contributed by atoms with Gasteiger partial charge in [-0.1, -0.05) is 17.7 Å². The summed E-state index contributed by atoms with van der Waals surface area (Å²) >= 11 is 0. The Hall–Kier alpha value is -1.02. The van der Waals surface area contributed by atoms with Crippen LogP contribution in [0.1, 0.15) is 25.8 Å². The van der Waals surface area contributed by atoms with Crippen molar-refractivity contribution in [2.75, 3.05) is 7.05 Å². The van der Waals surface area contributed by atoms with Gasteiger partial charge in [-0.2, -0.15) is 0 Å². The van der Waals surface area contributed by atoms with Gasteiger partial charge in [-0.3, -0.25) is 0 Å². The van der Waals surface area contributed by atoms with Crippen molar-refractivity contribution in [3.05, 3.63) is 29.8 Å². The molecular formula is C13H21NO. The third-order valence-electron chi connectivity index (χ3n) is 2.54. The number of benzene rings is 1. The Labute approximate surface area is 92.6 Å². The van der Waals surface area contributed by atoms with Crippen molar-refractivity contribution in [2.24, 2.45) is 0 Å². The molecule has 0 aliphatic rings. The molecular weight excluding hydrogens is 186 g/mol. The second-order valence-electron chi connectivity index (χ2n) is 4.17. The number of hydrogen-bond acceptors (Lipinski definition) is 2. The molecule has 2 atom stereocenters. The van der Waals surface area contributed by atoms with Gasteiger partial charge >= 0.3 is 0 Å². The average molecular weight is 207 g/mol. The van der Waals surface area contributed by atoms with Crippen LogP contribution in [-0.2, 0) is 0 Å². The minimum absolute atomic E-state index is 0.246. The van der Waals surface area contributed by atoms with E-state index in [9.17, 15) is 0 Å². The Bertz CT molecular complexity index is 281. The summed E-state index contributed by atoms with van der Waals surface area (Å²) < 4.78 is 5.80. The van der Waals surface area contributed by atoms with Crippen LogP contribution in [0.3, 0.4) is 0 Å². The number of nitrogens with one attached hydrogen (secondary N) is 1. The van der Waals surface area contributed by atoms with Crippen LogP contribution in [0.2, 0.25) is 0 Å². The van der Waals surface area contributed by atoms with Crippen LogP contribution in [0, 0.1) is 6.92 Å². The van der Waals surface area contributed by atoms with E-state index in [-0.39, 0.29) is 6.10 Å². The Morgan fingerprint density at radius 2 is 1.80 bits per heavy atom. The topological polar surface area (TPSA) is 21.3 Å². The van der Waals surface area contributed by atoms with Crippen molar-refractivity contribution in [1.82, 2.24) is 5.32 Å². The number of hydrogen-bond donors (Lipinski definition) is 1. The van der Waals surface area contributed by atoms with Gasteiger partial charge < -0.3 is 10.1 Å². The first kappa shape index (κ1) is 12.1. The third-order valence-corrected chi connectivity index (χ3v) is 2.54. The van der Waals surface area contributed by atoms with Gasteiger partial charge in [-0.05, 0) is 46.4 Å². The molecule has 0 fully saturated rings. The largest absolute Gasteiger partial charge is 0.491 e. The van der Waals surface area contributed by atoms with Gasteiger partial charge in [0.15, 0.2) is 0 Å². The summed E-state index contributed by atoms with van der Waals surface area (Å²) in [6, 6.07) is 8.68. The summed E-state index contributed by atoms with van der Waals surface area (Å²) in [6.07, 6.45) is 1.26. The Kier molecular flexibility index (Phi) is 4.63. The van der Waals surface area contributed by atoms with Gasteiger partial charge in [-0.15, -0.1) is 0 Å². The molecule has 0 aliphatic heterocycles. The van der Waals surface area contributed by atoms with Gasteiger partial charge in [0.25, 0.3) is 0 Å². The van der Waals surface area contributed by atoms with Crippen LogP contribution in [0.4, 0.5) is 0 Å². The second kappa shape index (κ2) is 5.76. The van der Waals surface area contributed by atoms with Crippen LogP contribution in [-0.4, -0.2) is 19.2 Å².